The first kappa shape index (κ1) is 21.8. The molecule has 0 unspecified atom stereocenters. The van der Waals surface area contributed by atoms with Gasteiger partial charge in [0.15, 0.2) is 0 Å². The highest BCUT2D eigenvalue weighted by Gasteiger charge is 2.14. The fraction of sp³-hybridized carbons (Fsp3) is 0.348. The molecule has 0 atom stereocenters. The van der Waals surface area contributed by atoms with E-state index in [2.05, 4.69) is 51.2 Å². The molecule has 0 bridgehead atoms. The molecule has 0 aliphatic carbocycles. The van der Waals surface area contributed by atoms with Crippen molar-refractivity contribution in [2.75, 3.05) is 45.3 Å². The van der Waals surface area contributed by atoms with Crippen LogP contribution in [-0.2, 0) is 13.6 Å². The molecule has 0 amide bonds. The van der Waals surface area contributed by atoms with Crippen LogP contribution in [0, 0.1) is 0 Å². The third-order valence-electron chi connectivity index (χ3n) is 5.70. The topological polar surface area (TPSA) is 90.1 Å². The van der Waals surface area contributed by atoms with Gasteiger partial charge in [-0.15, -0.1) is 0 Å². The third kappa shape index (κ3) is 5.06. The summed E-state index contributed by atoms with van der Waals surface area (Å²) in [5.41, 5.74) is 1.39. The molecule has 1 aromatic carbocycles. The van der Waals surface area contributed by atoms with E-state index in [0.717, 1.165) is 48.6 Å². The molecule has 1 fully saturated rings. The Morgan fingerprint density at radius 3 is 2.47 bits per heavy atom. The lowest BCUT2D eigenvalue weighted by molar-refractivity contribution is 0.148. The Morgan fingerprint density at radius 1 is 1.06 bits per heavy atom. The molecule has 0 saturated carbocycles. The highest BCUT2D eigenvalue weighted by molar-refractivity contribution is 5.78. The highest BCUT2D eigenvalue weighted by atomic mass is 16.3. The van der Waals surface area contributed by atoms with E-state index in [1.165, 1.54) is 23.7 Å². The van der Waals surface area contributed by atoms with Gasteiger partial charge in [-0.05, 0) is 24.7 Å². The number of anilines is 1. The molecule has 1 N–H and O–H groups in total. The van der Waals surface area contributed by atoms with E-state index in [1.54, 1.807) is 13.3 Å². The normalized spacial score (nSPS) is 15.5. The second-order valence-corrected chi connectivity index (χ2v) is 8.10. The summed E-state index contributed by atoms with van der Waals surface area (Å²) in [7, 11) is 5.22. The Morgan fingerprint density at radius 2 is 1.78 bits per heavy atom. The molecule has 32 heavy (non-hydrogen) atoms. The first-order valence-electron chi connectivity index (χ1n) is 10.6. The molecule has 1 saturated heterocycles. The lowest BCUT2D eigenvalue weighted by Gasteiger charge is -2.32. The van der Waals surface area contributed by atoms with Crippen molar-refractivity contribution in [1.29, 1.82) is 0 Å². The van der Waals surface area contributed by atoms with Crippen molar-refractivity contribution in [3.05, 3.63) is 74.6 Å². The second kappa shape index (κ2) is 9.37. The predicted molar refractivity (Wildman–Crippen MR) is 125 cm³/mol. The standard InChI is InChI=1S/C23H28N6O3/c1-26-10-12-29(13-11-26)16-17-4-6-18(7-5-17)20-9-8-19(32-20)15-24-28(3)21-14-22(30)27(2)23(31)25-21/h4-9,14-15H,10-13,16H2,1-3H3,(H,25,31)/b24-15+. The molecule has 1 aliphatic heterocycles. The number of hydrogen-bond acceptors (Lipinski definition) is 7. The molecule has 0 radical (unpaired) electrons. The number of piperazine rings is 1. The number of nitrogens with zero attached hydrogens (tertiary/aromatic N) is 5. The zero-order valence-corrected chi connectivity index (χ0v) is 18.6. The van der Waals surface area contributed by atoms with Crippen LogP contribution in [0.5, 0.6) is 0 Å². The van der Waals surface area contributed by atoms with E-state index in [4.69, 9.17) is 4.42 Å². The van der Waals surface area contributed by atoms with Crippen molar-refractivity contribution in [1.82, 2.24) is 19.4 Å². The van der Waals surface area contributed by atoms with Crippen LogP contribution >= 0.6 is 0 Å². The number of hydrogen-bond donors (Lipinski definition) is 1. The minimum atomic E-state index is -0.495. The second-order valence-electron chi connectivity index (χ2n) is 8.10. The van der Waals surface area contributed by atoms with Crippen LogP contribution in [-0.4, -0.2) is 65.8 Å². The van der Waals surface area contributed by atoms with Crippen LogP contribution < -0.4 is 16.3 Å². The van der Waals surface area contributed by atoms with Crippen LogP contribution in [0.2, 0.25) is 0 Å². The fourth-order valence-electron chi connectivity index (χ4n) is 3.54. The van der Waals surface area contributed by atoms with Gasteiger partial charge >= 0.3 is 5.69 Å². The number of hydrazone groups is 1. The minimum Gasteiger partial charge on any atom is -0.455 e. The van der Waals surface area contributed by atoms with E-state index in [9.17, 15) is 9.59 Å². The number of aromatic amines is 1. The van der Waals surface area contributed by atoms with Gasteiger partial charge in [-0.2, -0.15) is 5.10 Å². The zero-order chi connectivity index (χ0) is 22.7. The van der Waals surface area contributed by atoms with Gasteiger partial charge < -0.3 is 9.32 Å². The van der Waals surface area contributed by atoms with Gasteiger partial charge in [0.05, 0.1) is 6.21 Å². The molecule has 2 aromatic heterocycles. The average molecular weight is 437 g/mol. The van der Waals surface area contributed by atoms with Gasteiger partial charge in [-0.3, -0.25) is 24.3 Å². The van der Waals surface area contributed by atoms with Crippen molar-refractivity contribution in [2.45, 2.75) is 6.54 Å². The van der Waals surface area contributed by atoms with Crippen LogP contribution in [0.1, 0.15) is 11.3 Å². The summed E-state index contributed by atoms with van der Waals surface area (Å²) in [6.45, 7) is 5.38. The smallest absolute Gasteiger partial charge is 0.329 e. The first-order valence-corrected chi connectivity index (χ1v) is 10.6. The number of nitrogens with one attached hydrogen (secondary N) is 1. The molecule has 9 nitrogen and oxygen atoms in total. The average Bonchev–Trinajstić information content (AvgIpc) is 3.26. The lowest BCUT2D eigenvalue weighted by atomic mass is 10.1. The van der Waals surface area contributed by atoms with Crippen LogP contribution in [0.15, 0.2) is 61.6 Å². The van der Waals surface area contributed by atoms with Gasteiger partial charge in [-0.1, -0.05) is 24.3 Å². The summed E-state index contributed by atoms with van der Waals surface area (Å²) in [4.78, 5) is 31.0. The maximum Gasteiger partial charge on any atom is 0.329 e. The molecule has 4 rings (SSSR count). The quantitative estimate of drug-likeness (QED) is 0.466. The maximum atomic E-state index is 11.8. The van der Waals surface area contributed by atoms with Gasteiger partial charge in [0, 0.05) is 58.4 Å². The predicted octanol–water partition coefficient (Wildman–Crippen LogP) is 1.55. The van der Waals surface area contributed by atoms with E-state index in [1.807, 2.05) is 12.1 Å². The van der Waals surface area contributed by atoms with Crippen molar-refractivity contribution >= 4 is 12.0 Å². The number of aromatic nitrogens is 2. The summed E-state index contributed by atoms with van der Waals surface area (Å²) in [5.74, 6) is 1.62. The first-order chi connectivity index (χ1) is 15.4. The van der Waals surface area contributed by atoms with Gasteiger partial charge in [0.1, 0.15) is 17.3 Å². The fourth-order valence-corrected chi connectivity index (χ4v) is 3.54. The highest BCUT2D eigenvalue weighted by Crippen LogP contribution is 2.22. The summed E-state index contributed by atoms with van der Waals surface area (Å²) >= 11 is 0. The minimum absolute atomic E-state index is 0.303. The van der Waals surface area contributed by atoms with Crippen LogP contribution in [0.3, 0.4) is 0 Å². The summed E-state index contributed by atoms with van der Waals surface area (Å²) in [5, 5.41) is 5.67. The number of benzene rings is 1. The number of likely N-dealkylation sites (N-methyl/N-ethyl adjacent to an activating group) is 1. The molecule has 9 heteroatoms. The Balaban J connectivity index is 1.40. The van der Waals surface area contributed by atoms with Gasteiger partial charge in [0.25, 0.3) is 5.56 Å². The Kier molecular flexibility index (Phi) is 6.38. The maximum absolute atomic E-state index is 11.8. The molecule has 168 valence electrons. The van der Waals surface area contributed by atoms with E-state index in [0.29, 0.717) is 11.6 Å². The molecule has 3 heterocycles. The lowest BCUT2D eigenvalue weighted by Crippen LogP contribution is -2.43. The number of rotatable bonds is 6. The zero-order valence-electron chi connectivity index (χ0n) is 18.6. The van der Waals surface area contributed by atoms with Crippen molar-refractivity contribution in [3.8, 4) is 11.3 Å². The van der Waals surface area contributed by atoms with Crippen LogP contribution in [0.25, 0.3) is 11.3 Å². The third-order valence-corrected chi connectivity index (χ3v) is 5.70. The summed E-state index contributed by atoms with van der Waals surface area (Å²) in [6.07, 6.45) is 1.54. The van der Waals surface area contributed by atoms with Crippen molar-refractivity contribution in [3.63, 3.8) is 0 Å². The molecular weight excluding hydrogens is 408 g/mol. The molecule has 0 spiro atoms. The Bertz CT molecular complexity index is 1170. The van der Waals surface area contributed by atoms with E-state index >= 15 is 0 Å². The number of furan rings is 1. The van der Waals surface area contributed by atoms with Crippen molar-refractivity contribution in [2.24, 2.45) is 12.1 Å². The Labute approximate surface area is 186 Å². The van der Waals surface area contributed by atoms with E-state index in [-0.39, 0.29) is 0 Å². The van der Waals surface area contributed by atoms with Crippen molar-refractivity contribution < 1.29 is 4.42 Å². The Hall–Kier alpha value is -3.43. The molecule has 1 aliphatic rings. The molecule has 3 aromatic rings. The number of H-pyrrole nitrogens is 1. The largest absolute Gasteiger partial charge is 0.455 e. The van der Waals surface area contributed by atoms with E-state index < -0.39 is 11.2 Å². The van der Waals surface area contributed by atoms with Gasteiger partial charge in [0.2, 0.25) is 0 Å². The molecular formula is C23H28N6O3. The summed E-state index contributed by atoms with van der Waals surface area (Å²) in [6, 6.07) is 13.5. The SMILES string of the molecule is CN1CCN(Cc2ccc(-c3ccc(/C=N/N(C)c4cc(=O)n(C)c(=O)[nH]4)o3)cc2)CC1. The monoisotopic (exact) mass is 436 g/mol. The van der Waals surface area contributed by atoms with Gasteiger partial charge in [-0.25, -0.2) is 4.79 Å². The van der Waals surface area contributed by atoms with Crippen LogP contribution in [0.4, 0.5) is 5.82 Å². The summed E-state index contributed by atoms with van der Waals surface area (Å²) < 4.78 is 6.89.